The van der Waals surface area contributed by atoms with E-state index >= 15 is 0 Å². The zero-order valence-corrected chi connectivity index (χ0v) is 18.0. The monoisotopic (exact) mass is 476 g/mol. The summed E-state index contributed by atoms with van der Waals surface area (Å²) in [4.78, 5) is 29.2. The highest BCUT2D eigenvalue weighted by molar-refractivity contribution is 9.10. The number of benzene rings is 3. The number of carbonyl (C=O) groups excluding carboxylic acids is 1. The minimum Gasteiger partial charge on any atom is -0.506 e. The third-order valence-corrected chi connectivity index (χ3v) is 5.45. The predicted molar refractivity (Wildman–Crippen MR) is 123 cm³/mol. The van der Waals surface area contributed by atoms with Crippen LogP contribution in [0.3, 0.4) is 0 Å². The molecular weight excluding hydrogens is 460 g/mol. The summed E-state index contributed by atoms with van der Waals surface area (Å²) in [6, 6.07) is 18.9. The summed E-state index contributed by atoms with van der Waals surface area (Å²) in [5.41, 5.74) is 3.39. The Morgan fingerprint density at radius 3 is 2.42 bits per heavy atom. The summed E-state index contributed by atoms with van der Waals surface area (Å²) in [5, 5.41) is 22.6. The summed E-state index contributed by atoms with van der Waals surface area (Å²) in [6.07, 6.45) is 0. The van der Waals surface area contributed by atoms with Crippen molar-refractivity contribution in [1.29, 1.82) is 0 Å². The summed E-state index contributed by atoms with van der Waals surface area (Å²) in [5.74, 6) is -1.92. The molecule has 0 bridgehead atoms. The number of fused-ring (bicyclic) bond motifs is 1. The maximum absolute atomic E-state index is 13.3. The van der Waals surface area contributed by atoms with E-state index in [1.165, 1.54) is 12.1 Å². The molecular formula is C24H17BrN2O4. The summed E-state index contributed by atoms with van der Waals surface area (Å²) >= 11 is 3.45. The van der Waals surface area contributed by atoms with E-state index in [4.69, 9.17) is 10.1 Å². The van der Waals surface area contributed by atoms with Crippen LogP contribution in [0.1, 0.15) is 26.3 Å². The Morgan fingerprint density at radius 1 is 1.00 bits per heavy atom. The van der Waals surface area contributed by atoms with Gasteiger partial charge in [0.1, 0.15) is 5.75 Å². The van der Waals surface area contributed by atoms with E-state index in [2.05, 4.69) is 21.2 Å². The topological polar surface area (TPSA) is 99.5 Å². The van der Waals surface area contributed by atoms with Gasteiger partial charge in [0.15, 0.2) is 0 Å². The lowest BCUT2D eigenvalue weighted by Gasteiger charge is -2.16. The van der Waals surface area contributed by atoms with Crippen molar-refractivity contribution in [2.75, 3.05) is 5.32 Å². The average molecular weight is 477 g/mol. The van der Waals surface area contributed by atoms with Gasteiger partial charge in [0.25, 0.3) is 5.91 Å². The van der Waals surface area contributed by atoms with Crippen molar-refractivity contribution in [1.82, 2.24) is 4.98 Å². The molecule has 0 aliphatic heterocycles. The second kappa shape index (κ2) is 8.20. The first-order chi connectivity index (χ1) is 14.8. The van der Waals surface area contributed by atoms with Gasteiger partial charge >= 0.3 is 5.97 Å². The molecule has 7 heteroatoms. The second-order valence-corrected chi connectivity index (χ2v) is 7.89. The van der Waals surface area contributed by atoms with Gasteiger partial charge in [-0.15, -0.1) is 0 Å². The molecule has 0 spiro atoms. The van der Waals surface area contributed by atoms with Crippen LogP contribution in [0.2, 0.25) is 0 Å². The van der Waals surface area contributed by atoms with Gasteiger partial charge < -0.3 is 15.5 Å². The molecule has 0 saturated carbocycles. The predicted octanol–water partition coefficient (Wildman–Crippen LogP) is 5.63. The van der Waals surface area contributed by atoms with Crippen LogP contribution in [-0.2, 0) is 0 Å². The Balaban J connectivity index is 1.85. The largest absolute Gasteiger partial charge is 0.506 e. The number of phenols is 1. The van der Waals surface area contributed by atoms with Gasteiger partial charge in [-0.3, -0.25) is 4.79 Å². The number of rotatable bonds is 4. The molecule has 0 saturated heterocycles. The maximum atomic E-state index is 13.3. The normalized spacial score (nSPS) is 10.8. The lowest BCUT2D eigenvalue weighted by atomic mass is 9.97. The molecule has 0 atom stereocenters. The molecule has 0 radical (unpaired) electrons. The lowest BCUT2D eigenvalue weighted by Crippen LogP contribution is -2.15. The third-order valence-electron chi connectivity index (χ3n) is 4.96. The quantitative estimate of drug-likeness (QED) is 0.331. The molecule has 0 aliphatic carbocycles. The van der Waals surface area contributed by atoms with E-state index in [1.54, 1.807) is 0 Å². The summed E-state index contributed by atoms with van der Waals surface area (Å²) in [7, 11) is 0. The fourth-order valence-electron chi connectivity index (χ4n) is 3.46. The van der Waals surface area contributed by atoms with Crippen molar-refractivity contribution in [2.24, 2.45) is 0 Å². The van der Waals surface area contributed by atoms with Gasteiger partial charge in [-0.25, -0.2) is 9.78 Å². The van der Waals surface area contributed by atoms with Crippen LogP contribution in [0.15, 0.2) is 71.2 Å². The molecule has 0 aliphatic rings. The number of carboxylic acids is 1. The number of nitrogens with zero attached hydrogens (tertiary/aromatic N) is 1. The van der Waals surface area contributed by atoms with Gasteiger partial charge in [-0.1, -0.05) is 46.3 Å². The average Bonchev–Trinajstić information content (AvgIpc) is 2.75. The van der Waals surface area contributed by atoms with Crippen LogP contribution < -0.4 is 5.32 Å². The first kappa shape index (κ1) is 20.6. The van der Waals surface area contributed by atoms with Crippen molar-refractivity contribution >= 4 is 44.4 Å². The number of aromatic nitrogens is 1. The van der Waals surface area contributed by atoms with Crippen molar-refractivity contribution in [3.8, 4) is 17.0 Å². The fourth-order valence-corrected chi connectivity index (χ4v) is 3.82. The number of aromatic carboxylic acids is 1. The van der Waals surface area contributed by atoms with Crippen LogP contribution in [0.5, 0.6) is 5.75 Å². The number of carbonyl (C=O) groups is 2. The Bertz CT molecular complexity index is 1340. The number of hydrogen-bond donors (Lipinski definition) is 3. The van der Waals surface area contributed by atoms with E-state index in [9.17, 15) is 14.7 Å². The minimum atomic E-state index is -1.17. The zero-order valence-electron chi connectivity index (χ0n) is 16.4. The number of halogens is 1. The van der Waals surface area contributed by atoms with Crippen molar-refractivity contribution < 1.29 is 19.8 Å². The zero-order chi connectivity index (χ0) is 22.1. The maximum Gasteiger partial charge on any atom is 0.335 e. The highest BCUT2D eigenvalue weighted by Crippen LogP contribution is 2.33. The van der Waals surface area contributed by atoms with Crippen LogP contribution in [-0.4, -0.2) is 27.1 Å². The number of anilines is 1. The Morgan fingerprint density at radius 2 is 1.74 bits per heavy atom. The molecule has 3 N–H and O–H groups in total. The third kappa shape index (κ3) is 4.00. The molecule has 1 aromatic heterocycles. The molecule has 4 rings (SSSR count). The smallest absolute Gasteiger partial charge is 0.335 e. The summed E-state index contributed by atoms with van der Waals surface area (Å²) in [6.45, 7) is 1.83. The van der Waals surface area contributed by atoms with Gasteiger partial charge in [-0.2, -0.15) is 0 Å². The fraction of sp³-hybridized carbons (Fsp3) is 0.0417. The Hall–Kier alpha value is -3.71. The van der Waals surface area contributed by atoms with E-state index in [-0.39, 0.29) is 17.0 Å². The molecule has 3 aromatic carbocycles. The van der Waals surface area contributed by atoms with Gasteiger partial charge in [0.2, 0.25) is 0 Å². The Kier molecular flexibility index (Phi) is 5.44. The van der Waals surface area contributed by atoms with Crippen molar-refractivity contribution in [3.05, 3.63) is 87.9 Å². The molecule has 1 heterocycles. The van der Waals surface area contributed by atoms with E-state index in [0.29, 0.717) is 27.7 Å². The van der Waals surface area contributed by atoms with Crippen LogP contribution >= 0.6 is 15.9 Å². The van der Waals surface area contributed by atoms with Crippen molar-refractivity contribution in [3.63, 3.8) is 0 Å². The first-order valence-corrected chi connectivity index (χ1v) is 10.2. The molecule has 4 aromatic rings. The molecule has 31 heavy (non-hydrogen) atoms. The van der Waals surface area contributed by atoms with E-state index in [0.717, 1.165) is 16.1 Å². The minimum absolute atomic E-state index is 0.0728. The summed E-state index contributed by atoms with van der Waals surface area (Å²) < 4.78 is 0.802. The van der Waals surface area contributed by atoms with Crippen molar-refractivity contribution in [2.45, 2.75) is 6.92 Å². The molecule has 0 fully saturated rings. The second-order valence-electron chi connectivity index (χ2n) is 6.98. The number of aromatic hydroxyl groups is 1. The van der Waals surface area contributed by atoms with Crippen LogP contribution in [0, 0.1) is 6.92 Å². The number of nitrogens with one attached hydrogen (secondary N) is 1. The first-order valence-electron chi connectivity index (χ1n) is 9.38. The highest BCUT2D eigenvalue weighted by Gasteiger charge is 2.20. The number of carboxylic acid groups (broad SMARTS) is 1. The lowest BCUT2D eigenvalue weighted by molar-refractivity contribution is 0.0696. The standard InChI is InChI=1S/C24H17BrN2O4/c1-13-21(23(29)27-19-9-7-15(24(30)31)11-20(19)28)17-12-16(25)8-10-18(17)26-22(13)14-5-3-2-4-6-14/h2-12,28H,1H3,(H,27,29)(H,30,31). The van der Waals surface area contributed by atoms with E-state index in [1.807, 2.05) is 55.5 Å². The van der Waals surface area contributed by atoms with Gasteiger partial charge in [0, 0.05) is 15.4 Å². The number of hydrogen-bond acceptors (Lipinski definition) is 4. The Labute approximate surface area is 186 Å². The number of amides is 1. The number of pyridine rings is 1. The van der Waals surface area contributed by atoms with Crippen LogP contribution in [0.4, 0.5) is 5.69 Å². The molecule has 154 valence electrons. The van der Waals surface area contributed by atoms with Crippen LogP contribution in [0.25, 0.3) is 22.2 Å². The SMILES string of the molecule is Cc1c(-c2ccccc2)nc2ccc(Br)cc2c1C(=O)Nc1ccc(C(=O)O)cc1O. The van der Waals surface area contributed by atoms with E-state index < -0.39 is 11.9 Å². The number of phenolic OH excluding ortho intramolecular Hbond substituents is 1. The van der Waals surface area contributed by atoms with Gasteiger partial charge in [-0.05, 0) is 48.9 Å². The molecule has 1 amide bonds. The van der Waals surface area contributed by atoms with Gasteiger partial charge in [0.05, 0.1) is 28.0 Å². The molecule has 0 unspecified atom stereocenters. The molecule has 6 nitrogen and oxygen atoms in total. The highest BCUT2D eigenvalue weighted by atomic mass is 79.9.